The van der Waals surface area contributed by atoms with E-state index in [1.807, 2.05) is 47.3 Å². The fourth-order valence-corrected chi connectivity index (χ4v) is 1.89. The minimum atomic E-state index is 0.904. The number of nitrogens with zero attached hydrogens (tertiary/aromatic N) is 2. The van der Waals surface area contributed by atoms with Crippen LogP contribution in [0.25, 0.3) is 16.9 Å². The Kier molecular flexibility index (Phi) is 2.57. The van der Waals surface area contributed by atoms with Crippen LogP contribution in [0.15, 0.2) is 64.0 Å². The lowest BCUT2D eigenvalue weighted by Crippen LogP contribution is -1.94. The van der Waals surface area contributed by atoms with Crippen molar-refractivity contribution in [3.05, 3.63) is 59.6 Å². The van der Waals surface area contributed by atoms with Crippen molar-refractivity contribution >= 4 is 15.9 Å². The van der Waals surface area contributed by atoms with Gasteiger partial charge in [0.1, 0.15) is 0 Å². The third kappa shape index (κ3) is 2.03. The molecule has 1 aromatic carbocycles. The maximum absolute atomic E-state index is 5.04. The molecule has 2 aromatic heterocycles. The molecule has 0 unspecified atom stereocenters. The van der Waals surface area contributed by atoms with E-state index < -0.39 is 0 Å². The normalized spacial score (nSPS) is 10.6. The van der Waals surface area contributed by atoms with Crippen LogP contribution in [0, 0.1) is 0 Å². The SMILES string of the molecule is Brc1ccc(-n2ccc(-c3ccoc3)n2)cc1. The number of rotatable bonds is 2. The average Bonchev–Trinajstić information content (AvgIpc) is 3.00. The Morgan fingerprint density at radius 1 is 1.06 bits per heavy atom. The summed E-state index contributed by atoms with van der Waals surface area (Å²) in [5.74, 6) is 0. The Morgan fingerprint density at radius 2 is 1.88 bits per heavy atom. The van der Waals surface area contributed by atoms with E-state index in [4.69, 9.17) is 4.42 Å². The molecule has 0 amide bonds. The molecule has 3 rings (SSSR count). The fourth-order valence-electron chi connectivity index (χ4n) is 1.63. The summed E-state index contributed by atoms with van der Waals surface area (Å²) in [5, 5.41) is 4.49. The molecule has 0 saturated carbocycles. The Morgan fingerprint density at radius 3 is 2.59 bits per heavy atom. The monoisotopic (exact) mass is 288 g/mol. The van der Waals surface area contributed by atoms with Gasteiger partial charge in [-0.2, -0.15) is 5.10 Å². The summed E-state index contributed by atoms with van der Waals surface area (Å²) in [7, 11) is 0. The number of hydrogen-bond acceptors (Lipinski definition) is 2. The molecule has 3 aromatic rings. The van der Waals surface area contributed by atoms with Gasteiger partial charge < -0.3 is 4.42 Å². The van der Waals surface area contributed by atoms with Crippen LogP contribution >= 0.6 is 15.9 Å². The third-order valence-electron chi connectivity index (χ3n) is 2.50. The van der Waals surface area contributed by atoms with Gasteiger partial charge in [-0.25, -0.2) is 4.68 Å². The Labute approximate surface area is 107 Å². The lowest BCUT2D eigenvalue weighted by atomic mass is 10.2. The van der Waals surface area contributed by atoms with Crippen molar-refractivity contribution in [1.29, 1.82) is 0 Å². The molecule has 0 aliphatic heterocycles. The summed E-state index contributed by atoms with van der Waals surface area (Å²) in [6, 6.07) is 11.9. The second-order valence-corrected chi connectivity index (χ2v) is 4.55. The van der Waals surface area contributed by atoms with E-state index >= 15 is 0 Å². The lowest BCUT2D eigenvalue weighted by molar-refractivity contribution is 0.568. The summed E-state index contributed by atoms with van der Waals surface area (Å²) < 4.78 is 7.94. The number of furan rings is 1. The van der Waals surface area contributed by atoms with E-state index in [9.17, 15) is 0 Å². The van der Waals surface area contributed by atoms with Gasteiger partial charge in [-0.3, -0.25) is 0 Å². The quantitative estimate of drug-likeness (QED) is 0.716. The lowest BCUT2D eigenvalue weighted by Gasteiger charge is -2.00. The first-order valence-corrected chi connectivity index (χ1v) is 5.96. The molecule has 0 N–H and O–H groups in total. The first kappa shape index (κ1) is 10.4. The molecule has 2 heterocycles. The number of aromatic nitrogens is 2. The standard InChI is InChI=1S/C13H9BrN2O/c14-11-1-3-12(4-2-11)16-7-5-13(15-16)10-6-8-17-9-10/h1-9H. The van der Waals surface area contributed by atoms with Crippen LogP contribution in [0.5, 0.6) is 0 Å². The van der Waals surface area contributed by atoms with Crippen molar-refractivity contribution in [3.8, 4) is 16.9 Å². The highest BCUT2D eigenvalue weighted by molar-refractivity contribution is 9.10. The van der Waals surface area contributed by atoms with Crippen LogP contribution in [-0.2, 0) is 0 Å². The first-order chi connectivity index (χ1) is 8.33. The Balaban J connectivity index is 1.98. The fraction of sp³-hybridized carbons (Fsp3) is 0. The van der Waals surface area contributed by atoms with Crippen LogP contribution in [0.3, 0.4) is 0 Å². The van der Waals surface area contributed by atoms with Crippen molar-refractivity contribution in [2.24, 2.45) is 0 Å². The molecule has 4 heteroatoms. The van der Waals surface area contributed by atoms with Crippen LogP contribution in [0.2, 0.25) is 0 Å². The molecular weight excluding hydrogens is 280 g/mol. The minimum Gasteiger partial charge on any atom is -0.472 e. The minimum absolute atomic E-state index is 0.904. The van der Waals surface area contributed by atoms with Gasteiger partial charge in [0.15, 0.2) is 0 Å². The molecule has 0 fully saturated rings. The maximum Gasteiger partial charge on any atom is 0.0997 e. The molecule has 84 valence electrons. The van der Waals surface area contributed by atoms with Crippen molar-refractivity contribution in [2.45, 2.75) is 0 Å². The zero-order chi connectivity index (χ0) is 11.7. The highest BCUT2D eigenvalue weighted by Crippen LogP contribution is 2.19. The van der Waals surface area contributed by atoms with E-state index in [-0.39, 0.29) is 0 Å². The molecule has 0 aliphatic rings. The van der Waals surface area contributed by atoms with Crippen molar-refractivity contribution in [1.82, 2.24) is 9.78 Å². The zero-order valence-corrected chi connectivity index (χ0v) is 10.5. The molecular formula is C13H9BrN2O. The molecule has 17 heavy (non-hydrogen) atoms. The highest BCUT2D eigenvalue weighted by Gasteiger charge is 2.04. The molecule has 0 spiro atoms. The second kappa shape index (κ2) is 4.22. The van der Waals surface area contributed by atoms with Gasteiger partial charge in [0.05, 0.1) is 23.9 Å². The van der Waals surface area contributed by atoms with Gasteiger partial charge in [-0.15, -0.1) is 0 Å². The van der Waals surface area contributed by atoms with E-state index in [1.165, 1.54) is 0 Å². The van der Waals surface area contributed by atoms with Crippen LogP contribution < -0.4 is 0 Å². The Bertz CT molecular complexity index is 611. The average molecular weight is 289 g/mol. The van der Waals surface area contributed by atoms with Gasteiger partial charge in [0.2, 0.25) is 0 Å². The smallest absolute Gasteiger partial charge is 0.0997 e. The summed E-state index contributed by atoms with van der Waals surface area (Å²) >= 11 is 3.41. The summed E-state index contributed by atoms with van der Waals surface area (Å²) in [4.78, 5) is 0. The zero-order valence-electron chi connectivity index (χ0n) is 8.88. The summed E-state index contributed by atoms with van der Waals surface area (Å²) in [6.45, 7) is 0. The van der Waals surface area contributed by atoms with Gasteiger partial charge >= 0.3 is 0 Å². The highest BCUT2D eigenvalue weighted by atomic mass is 79.9. The summed E-state index contributed by atoms with van der Waals surface area (Å²) in [5.41, 5.74) is 2.92. The van der Waals surface area contributed by atoms with Crippen molar-refractivity contribution in [3.63, 3.8) is 0 Å². The molecule has 0 atom stereocenters. The predicted octanol–water partition coefficient (Wildman–Crippen LogP) is 3.89. The molecule has 0 aliphatic carbocycles. The Hall–Kier alpha value is -1.81. The van der Waals surface area contributed by atoms with E-state index in [0.717, 1.165) is 21.4 Å². The largest absolute Gasteiger partial charge is 0.472 e. The van der Waals surface area contributed by atoms with Crippen molar-refractivity contribution < 1.29 is 4.42 Å². The van der Waals surface area contributed by atoms with E-state index in [1.54, 1.807) is 12.5 Å². The molecule has 3 nitrogen and oxygen atoms in total. The van der Waals surface area contributed by atoms with Crippen LogP contribution in [0.4, 0.5) is 0 Å². The van der Waals surface area contributed by atoms with Gasteiger partial charge in [0.25, 0.3) is 0 Å². The molecule has 0 saturated heterocycles. The van der Waals surface area contributed by atoms with Gasteiger partial charge in [0, 0.05) is 16.2 Å². The first-order valence-electron chi connectivity index (χ1n) is 5.17. The topological polar surface area (TPSA) is 31.0 Å². The maximum atomic E-state index is 5.04. The summed E-state index contributed by atoms with van der Waals surface area (Å²) in [6.07, 6.45) is 5.27. The van der Waals surface area contributed by atoms with Gasteiger partial charge in [-0.05, 0) is 36.4 Å². The molecule has 0 radical (unpaired) electrons. The number of hydrogen-bond donors (Lipinski definition) is 0. The van der Waals surface area contributed by atoms with Gasteiger partial charge in [-0.1, -0.05) is 15.9 Å². The van der Waals surface area contributed by atoms with E-state index in [2.05, 4.69) is 21.0 Å². The molecule has 0 bridgehead atoms. The van der Waals surface area contributed by atoms with E-state index in [0.29, 0.717) is 0 Å². The second-order valence-electron chi connectivity index (χ2n) is 3.63. The van der Waals surface area contributed by atoms with Crippen molar-refractivity contribution in [2.75, 3.05) is 0 Å². The number of benzene rings is 1. The predicted molar refractivity (Wildman–Crippen MR) is 69.0 cm³/mol. The van der Waals surface area contributed by atoms with Crippen LogP contribution in [-0.4, -0.2) is 9.78 Å². The van der Waals surface area contributed by atoms with Crippen LogP contribution in [0.1, 0.15) is 0 Å². The third-order valence-corrected chi connectivity index (χ3v) is 3.03. The number of halogens is 1.